The minimum atomic E-state index is -1.02. The van der Waals surface area contributed by atoms with E-state index in [4.69, 9.17) is 9.29 Å². The number of carboxylic acids is 1. The van der Waals surface area contributed by atoms with E-state index in [9.17, 15) is 9.59 Å². The summed E-state index contributed by atoms with van der Waals surface area (Å²) in [7, 11) is 1.84. The largest absolute Gasteiger partial charge is 0.481 e. The minimum Gasteiger partial charge on any atom is -0.481 e. The first-order valence-corrected chi connectivity index (χ1v) is 7.32. The number of aromatic nitrogens is 1. The molecule has 0 aliphatic rings. The van der Waals surface area contributed by atoms with Gasteiger partial charge in [0.1, 0.15) is 12.0 Å². The highest BCUT2D eigenvalue weighted by Crippen LogP contribution is 2.31. The Hall–Kier alpha value is -1.80. The van der Waals surface area contributed by atoms with Crippen molar-refractivity contribution >= 4 is 51.2 Å². The first kappa shape index (κ1) is 14.6. The zero-order valence-corrected chi connectivity index (χ0v) is 12.2. The van der Waals surface area contributed by atoms with Gasteiger partial charge in [-0.3, -0.25) is 9.59 Å². The molecule has 106 valence electrons. The molecule has 0 radical (unpaired) electrons. The van der Waals surface area contributed by atoms with Crippen LogP contribution in [0.3, 0.4) is 0 Å². The van der Waals surface area contributed by atoms with Crippen LogP contribution in [0.4, 0.5) is 5.69 Å². The number of hydrogen-bond donors (Lipinski definition) is 2. The van der Waals surface area contributed by atoms with Gasteiger partial charge >= 0.3 is 11.9 Å². The van der Waals surface area contributed by atoms with Gasteiger partial charge in [0.05, 0.1) is 23.1 Å². The van der Waals surface area contributed by atoms with E-state index in [1.165, 1.54) is 11.3 Å². The number of rotatable bonds is 6. The van der Waals surface area contributed by atoms with Crippen LogP contribution in [0.5, 0.6) is 0 Å². The van der Waals surface area contributed by atoms with E-state index in [-0.39, 0.29) is 12.8 Å². The van der Waals surface area contributed by atoms with E-state index >= 15 is 0 Å². The zero-order chi connectivity index (χ0) is 14.5. The summed E-state index contributed by atoms with van der Waals surface area (Å²) in [6.07, 6.45) is -0.373. The second-order valence-electron chi connectivity index (χ2n) is 3.84. The van der Waals surface area contributed by atoms with E-state index in [2.05, 4.69) is 10.3 Å². The van der Waals surface area contributed by atoms with Crippen LogP contribution in [0.1, 0.15) is 12.8 Å². The molecule has 0 saturated heterocycles. The minimum absolute atomic E-state index is 0.142. The van der Waals surface area contributed by atoms with Crippen molar-refractivity contribution in [3.05, 3.63) is 18.2 Å². The fraction of sp³-hybridized carbons (Fsp3) is 0.250. The Morgan fingerprint density at radius 2 is 2.25 bits per heavy atom. The summed E-state index contributed by atoms with van der Waals surface area (Å²) in [6, 6.07) is 5.76. The van der Waals surface area contributed by atoms with Crippen molar-refractivity contribution in [3.8, 4) is 0 Å². The standard InChI is InChI=1S/C12H12N2O4S2/c1-13-7-2-3-8-9(6-7)19-12(14-8)20-18-11(17)5-4-10(15)16/h2-3,6,13H,4-5H2,1H3,(H,15,16). The molecule has 8 heteroatoms. The first-order chi connectivity index (χ1) is 9.58. The van der Waals surface area contributed by atoms with Crippen molar-refractivity contribution in [1.29, 1.82) is 0 Å². The van der Waals surface area contributed by atoms with Crippen LogP contribution < -0.4 is 5.32 Å². The van der Waals surface area contributed by atoms with Gasteiger partial charge in [-0.25, -0.2) is 4.98 Å². The molecule has 2 N–H and O–H groups in total. The lowest BCUT2D eigenvalue weighted by Crippen LogP contribution is -2.03. The number of carbonyl (C=O) groups is 2. The first-order valence-electron chi connectivity index (χ1n) is 5.76. The molecule has 1 heterocycles. The van der Waals surface area contributed by atoms with Gasteiger partial charge in [0.2, 0.25) is 0 Å². The molecule has 0 amide bonds. The smallest absolute Gasteiger partial charge is 0.318 e. The van der Waals surface area contributed by atoms with E-state index < -0.39 is 11.9 Å². The molecule has 0 fully saturated rings. The van der Waals surface area contributed by atoms with Gasteiger partial charge in [0.15, 0.2) is 4.34 Å². The molecule has 0 spiro atoms. The van der Waals surface area contributed by atoms with Crippen LogP contribution in [-0.4, -0.2) is 29.1 Å². The lowest BCUT2D eigenvalue weighted by Gasteiger charge is -1.97. The van der Waals surface area contributed by atoms with Crippen LogP contribution in [-0.2, 0) is 13.8 Å². The summed E-state index contributed by atoms with van der Waals surface area (Å²) >= 11 is 2.28. The topological polar surface area (TPSA) is 88.5 Å². The molecule has 20 heavy (non-hydrogen) atoms. The van der Waals surface area contributed by atoms with Gasteiger partial charge in [-0.05, 0) is 18.2 Å². The van der Waals surface area contributed by atoms with Gasteiger partial charge < -0.3 is 14.6 Å². The molecule has 0 unspecified atom stereocenters. The summed E-state index contributed by atoms with van der Waals surface area (Å²) in [5.74, 6) is -1.58. The van der Waals surface area contributed by atoms with Gasteiger partial charge in [-0.15, -0.1) is 11.3 Å². The number of aliphatic carboxylic acids is 1. The fourth-order valence-electron chi connectivity index (χ4n) is 1.43. The molecule has 6 nitrogen and oxygen atoms in total. The van der Waals surface area contributed by atoms with Crippen molar-refractivity contribution in [2.75, 3.05) is 12.4 Å². The summed E-state index contributed by atoms with van der Waals surface area (Å²) < 4.78 is 6.51. The number of thiazole rings is 1. The number of anilines is 1. The van der Waals surface area contributed by atoms with Gasteiger partial charge in [-0.1, -0.05) is 0 Å². The third-order valence-electron chi connectivity index (χ3n) is 2.41. The fourth-order valence-corrected chi connectivity index (χ4v) is 3.05. The van der Waals surface area contributed by atoms with Crippen molar-refractivity contribution in [2.24, 2.45) is 0 Å². The molecule has 2 aromatic rings. The van der Waals surface area contributed by atoms with E-state index in [1.807, 2.05) is 25.2 Å². The molecule has 1 aromatic carbocycles. The quantitative estimate of drug-likeness (QED) is 0.793. The summed E-state index contributed by atoms with van der Waals surface area (Å²) in [5, 5.41) is 11.5. The second-order valence-corrected chi connectivity index (χ2v) is 5.85. The molecule has 0 aliphatic heterocycles. The zero-order valence-electron chi connectivity index (χ0n) is 10.6. The Labute approximate surface area is 123 Å². The average molecular weight is 312 g/mol. The predicted molar refractivity (Wildman–Crippen MR) is 78.0 cm³/mol. The Balaban J connectivity index is 1.96. The SMILES string of the molecule is CNc1ccc2nc(SOC(=O)CCC(=O)O)sc2c1. The van der Waals surface area contributed by atoms with Gasteiger partial charge in [0.25, 0.3) is 0 Å². The molecule has 1 aromatic heterocycles. The lowest BCUT2D eigenvalue weighted by molar-refractivity contribution is -0.141. The molecule has 2 rings (SSSR count). The normalized spacial score (nSPS) is 10.4. The number of carbonyl (C=O) groups excluding carboxylic acids is 1. The number of hydrogen-bond acceptors (Lipinski definition) is 7. The number of carboxylic acid groups (broad SMARTS) is 1. The number of nitrogens with one attached hydrogen (secondary N) is 1. The van der Waals surface area contributed by atoms with Crippen molar-refractivity contribution < 1.29 is 18.9 Å². The maximum Gasteiger partial charge on any atom is 0.318 e. The van der Waals surface area contributed by atoms with Crippen LogP contribution in [0.2, 0.25) is 0 Å². The molecular weight excluding hydrogens is 300 g/mol. The second kappa shape index (κ2) is 6.58. The van der Waals surface area contributed by atoms with E-state index in [1.54, 1.807) is 0 Å². The summed E-state index contributed by atoms with van der Waals surface area (Å²) in [4.78, 5) is 25.9. The van der Waals surface area contributed by atoms with Crippen molar-refractivity contribution in [1.82, 2.24) is 4.98 Å². The van der Waals surface area contributed by atoms with Gasteiger partial charge in [0, 0.05) is 12.7 Å². The predicted octanol–water partition coefficient (Wildman–Crippen LogP) is 2.75. The van der Waals surface area contributed by atoms with E-state index in [0.29, 0.717) is 4.34 Å². The average Bonchev–Trinajstić information content (AvgIpc) is 2.84. The maximum absolute atomic E-state index is 11.3. The summed E-state index contributed by atoms with van der Waals surface area (Å²) in [6.45, 7) is 0. The lowest BCUT2D eigenvalue weighted by atomic mass is 10.3. The summed E-state index contributed by atoms with van der Waals surface area (Å²) in [5.41, 5.74) is 1.81. The van der Waals surface area contributed by atoms with Crippen molar-refractivity contribution in [2.45, 2.75) is 17.2 Å². The maximum atomic E-state index is 11.3. The van der Waals surface area contributed by atoms with Crippen LogP contribution in [0, 0.1) is 0 Å². The molecular formula is C12H12N2O4S2. The Bertz CT molecular complexity index is 641. The van der Waals surface area contributed by atoms with Crippen LogP contribution in [0.25, 0.3) is 10.2 Å². The third-order valence-corrected chi connectivity index (χ3v) is 4.18. The number of fused-ring (bicyclic) bond motifs is 1. The highest BCUT2D eigenvalue weighted by Gasteiger charge is 2.11. The Morgan fingerprint density at radius 3 is 2.95 bits per heavy atom. The molecule has 0 aliphatic carbocycles. The van der Waals surface area contributed by atoms with Crippen LogP contribution in [0.15, 0.2) is 22.5 Å². The molecule has 0 atom stereocenters. The molecule has 0 saturated carbocycles. The van der Waals surface area contributed by atoms with Crippen molar-refractivity contribution in [3.63, 3.8) is 0 Å². The number of nitrogens with zero attached hydrogens (tertiary/aromatic N) is 1. The molecule has 0 bridgehead atoms. The van der Waals surface area contributed by atoms with Gasteiger partial charge in [-0.2, -0.15) is 0 Å². The Kier molecular flexibility index (Phi) is 4.80. The Morgan fingerprint density at radius 1 is 1.45 bits per heavy atom. The van der Waals surface area contributed by atoms with Crippen LogP contribution >= 0.6 is 23.4 Å². The third kappa shape index (κ3) is 3.84. The van der Waals surface area contributed by atoms with E-state index in [0.717, 1.165) is 27.9 Å². The highest BCUT2D eigenvalue weighted by atomic mass is 32.2. The number of benzene rings is 1. The highest BCUT2D eigenvalue weighted by molar-refractivity contribution is 7.97. The monoisotopic (exact) mass is 312 g/mol.